The monoisotopic (exact) mass is 289 g/mol. The summed E-state index contributed by atoms with van der Waals surface area (Å²) in [7, 11) is 0. The van der Waals surface area contributed by atoms with Crippen molar-refractivity contribution < 1.29 is 4.74 Å². The van der Waals surface area contributed by atoms with Crippen LogP contribution in [0.5, 0.6) is 11.5 Å². The molecule has 1 atom stereocenters. The van der Waals surface area contributed by atoms with Crippen molar-refractivity contribution in [3.8, 4) is 11.5 Å². The van der Waals surface area contributed by atoms with Gasteiger partial charge in [0.2, 0.25) is 0 Å². The minimum Gasteiger partial charge on any atom is -0.456 e. The van der Waals surface area contributed by atoms with Gasteiger partial charge in [0.1, 0.15) is 11.5 Å². The first-order valence-electron chi connectivity index (χ1n) is 6.87. The van der Waals surface area contributed by atoms with Crippen LogP contribution in [0.4, 0.5) is 0 Å². The minimum absolute atomic E-state index is 0.188. The second-order valence-electron chi connectivity index (χ2n) is 5.06. The Morgan fingerprint density at radius 3 is 2.70 bits per heavy atom. The Morgan fingerprint density at radius 2 is 2.00 bits per heavy atom. The summed E-state index contributed by atoms with van der Waals surface area (Å²) < 4.78 is 5.85. The van der Waals surface area contributed by atoms with Crippen LogP contribution in [0.1, 0.15) is 24.5 Å². The molecule has 106 valence electrons. The molecule has 20 heavy (non-hydrogen) atoms. The number of hydrogen-bond donors (Lipinski definition) is 1. The molecule has 0 fully saturated rings. The van der Waals surface area contributed by atoms with Crippen LogP contribution in [0, 0.1) is 6.92 Å². The number of rotatable bonds is 5. The molecule has 2 aromatic rings. The maximum atomic E-state index is 6.18. The van der Waals surface area contributed by atoms with Crippen LogP contribution in [0.25, 0.3) is 0 Å². The van der Waals surface area contributed by atoms with Gasteiger partial charge in [-0.2, -0.15) is 0 Å². The molecule has 0 spiro atoms. The largest absolute Gasteiger partial charge is 0.456 e. The van der Waals surface area contributed by atoms with E-state index in [1.54, 1.807) is 0 Å². The van der Waals surface area contributed by atoms with Crippen LogP contribution < -0.4 is 10.5 Å². The Morgan fingerprint density at radius 1 is 1.20 bits per heavy atom. The predicted octanol–water partition coefficient (Wildman–Crippen LogP) is 4.72. The van der Waals surface area contributed by atoms with Gasteiger partial charge >= 0.3 is 0 Å². The third-order valence-electron chi connectivity index (χ3n) is 3.24. The number of hydrogen-bond acceptors (Lipinski definition) is 2. The number of nitrogens with two attached hydrogens (primary N) is 1. The first-order valence-corrected chi connectivity index (χ1v) is 7.25. The van der Waals surface area contributed by atoms with Gasteiger partial charge in [-0.15, -0.1) is 0 Å². The Kier molecular flexibility index (Phi) is 5.05. The zero-order chi connectivity index (χ0) is 14.5. The molecule has 1 unspecified atom stereocenters. The van der Waals surface area contributed by atoms with E-state index in [1.165, 1.54) is 5.56 Å². The number of aryl methyl sites for hydroxylation is 1. The molecule has 2 N–H and O–H groups in total. The van der Waals surface area contributed by atoms with Gasteiger partial charge in [0.15, 0.2) is 0 Å². The molecule has 0 aliphatic carbocycles. The summed E-state index contributed by atoms with van der Waals surface area (Å²) >= 11 is 6.18. The average molecular weight is 290 g/mol. The summed E-state index contributed by atoms with van der Waals surface area (Å²) in [6.07, 6.45) is 1.82. The van der Waals surface area contributed by atoms with E-state index in [0.717, 1.165) is 24.2 Å². The van der Waals surface area contributed by atoms with Crippen LogP contribution in [-0.2, 0) is 6.42 Å². The second-order valence-corrected chi connectivity index (χ2v) is 5.46. The number of benzene rings is 2. The van der Waals surface area contributed by atoms with Gasteiger partial charge in [0, 0.05) is 6.04 Å². The molecule has 2 rings (SSSR count). The van der Waals surface area contributed by atoms with E-state index >= 15 is 0 Å². The van der Waals surface area contributed by atoms with Crippen LogP contribution in [0.3, 0.4) is 0 Å². The Balaban J connectivity index is 2.15. The SMILES string of the molecule is CCC(N)Cc1cccc(Oc2ccc(C)cc2Cl)c1. The maximum absolute atomic E-state index is 6.18. The molecule has 0 saturated heterocycles. The Bertz CT molecular complexity index is 583. The summed E-state index contributed by atoms with van der Waals surface area (Å²) in [6, 6.07) is 14.0. The minimum atomic E-state index is 0.188. The van der Waals surface area contributed by atoms with E-state index in [4.69, 9.17) is 22.1 Å². The molecule has 0 amide bonds. The molecule has 0 saturated carbocycles. The van der Waals surface area contributed by atoms with Gasteiger partial charge in [-0.1, -0.05) is 36.7 Å². The zero-order valence-corrected chi connectivity index (χ0v) is 12.7. The van der Waals surface area contributed by atoms with Crippen molar-refractivity contribution in [1.82, 2.24) is 0 Å². The maximum Gasteiger partial charge on any atom is 0.146 e. The average Bonchev–Trinajstić information content (AvgIpc) is 2.42. The highest BCUT2D eigenvalue weighted by atomic mass is 35.5. The highest BCUT2D eigenvalue weighted by molar-refractivity contribution is 6.32. The number of ether oxygens (including phenoxy) is 1. The highest BCUT2D eigenvalue weighted by Gasteiger charge is 2.06. The van der Waals surface area contributed by atoms with Crippen LogP contribution >= 0.6 is 11.6 Å². The van der Waals surface area contributed by atoms with Crippen molar-refractivity contribution >= 4 is 11.6 Å². The lowest BCUT2D eigenvalue weighted by Crippen LogP contribution is -2.21. The summed E-state index contributed by atoms with van der Waals surface area (Å²) in [4.78, 5) is 0. The molecule has 0 heterocycles. The zero-order valence-electron chi connectivity index (χ0n) is 11.9. The Hall–Kier alpha value is -1.51. The van der Waals surface area contributed by atoms with E-state index in [-0.39, 0.29) is 6.04 Å². The molecular weight excluding hydrogens is 270 g/mol. The van der Waals surface area contributed by atoms with Crippen molar-refractivity contribution in [2.45, 2.75) is 32.7 Å². The molecule has 0 bridgehead atoms. The van der Waals surface area contributed by atoms with Gasteiger partial charge in [0.05, 0.1) is 5.02 Å². The smallest absolute Gasteiger partial charge is 0.146 e. The van der Waals surface area contributed by atoms with E-state index in [1.807, 2.05) is 43.3 Å². The van der Waals surface area contributed by atoms with Crippen LogP contribution in [0.2, 0.25) is 5.02 Å². The normalized spacial score (nSPS) is 12.2. The molecule has 2 nitrogen and oxygen atoms in total. The standard InChI is InChI=1S/C17H20ClNO/c1-3-14(19)10-13-5-4-6-15(11-13)20-17-8-7-12(2)9-16(17)18/h4-9,11,14H,3,10,19H2,1-2H3. The van der Waals surface area contributed by atoms with Crippen molar-refractivity contribution in [3.05, 3.63) is 58.6 Å². The van der Waals surface area contributed by atoms with Crippen LogP contribution in [-0.4, -0.2) is 6.04 Å². The topological polar surface area (TPSA) is 35.2 Å². The predicted molar refractivity (Wildman–Crippen MR) is 84.7 cm³/mol. The molecule has 0 aliphatic heterocycles. The summed E-state index contributed by atoms with van der Waals surface area (Å²) in [5.41, 5.74) is 8.28. The summed E-state index contributed by atoms with van der Waals surface area (Å²) in [6.45, 7) is 4.10. The summed E-state index contributed by atoms with van der Waals surface area (Å²) in [5.74, 6) is 1.46. The van der Waals surface area contributed by atoms with Crippen LogP contribution in [0.15, 0.2) is 42.5 Å². The second kappa shape index (κ2) is 6.78. The summed E-state index contributed by atoms with van der Waals surface area (Å²) in [5, 5.41) is 0.626. The van der Waals surface area contributed by atoms with E-state index < -0.39 is 0 Å². The Labute approximate surface area is 125 Å². The van der Waals surface area contributed by atoms with E-state index in [0.29, 0.717) is 10.8 Å². The highest BCUT2D eigenvalue weighted by Crippen LogP contribution is 2.30. The van der Waals surface area contributed by atoms with Gasteiger partial charge in [-0.25, -0.2) is 0 Å². The van der Waals surface area contributed by atoms with Crippen molar-refractivity contribution in [2.24, 2.45) is 5.73 Å². The van der Waals surface area contributed by atoms with E-state index in [9.17, 15) is 0 Å². The third kappa shape index (κ3) is 3.99. The molecule has 0 aliphatic rings. The first kappa shape index (κ1) is 14.9. The lowest BCUT2D eigenvalue weighted by atomic mass is 10.0. The lowest BCUT2D eigenvalue weighted by Gasteiger charge is -2.12. The fourth-order valence-corrected chi connectivity index (χ4v) is 2.27. The van der Waals surface area contributed by atoms with Crippen molar-refractivity contribution in [2.75, 3.05) is 0 Å². The van der Waals surface area contributed by atoms with Gasteiger partial charge in [-0.05, 0) is 55.2 Å². The molecule has 3 heteroatoms. The van der Waals surface area contributed by atoms with Crippen molar-refractivity contribution in [3.63, 3.8) is 0 Å². The van der Waals surface area contributed by atoms with Crippen molar-refractivity contribution in [1.29, 1.82) is 0 Å². The lowest BCUT2D eigenvalue weighted by molar-refractivity contribution is 0.481. The first-order chi connectivity index (χ1) is 9.58. The van der Waals surface area contributed by atoms with E-state index in [2.05, 4.69) is 13.0 Å². The fourth-order valence-electron chi connectivity index (χ4n) is 2.00. The molecule has 0 aromatic heterocycles. The molecule has 0 radical (unpaired) electrons. The quantitative estimate of drug-likeness (QED) is 0.864. The third-order valence-corrected chi connectivity index (χ3v) is 3.53. The van der Waals surface area contributed by atoms with Gasteiger partial charge in [-0.3, -0.25) is 0 Å². The molecule has 2 aromatic carbocycles. The van der Waals surface area contributed by atoms with Gasteiger partial charge < -0.3 is 10.5 Å². The fraction of sp³-hybridized carbons (Fsp3) is 0.294. The number of halogens is 1. The van der Waals surface area contributed by atoms with Gasteiger partial charge in [0.25, 0.3) is 0 Å². The molecular formula is C17H20ClNO.